The van der Waals surface area contributed by atoms with Gasteiger partial charge in [0.2, 0.25) is 0 Å². The third-order valence-electron chi connectivity index (χ3n) is 3.57. The zero-order chi connectivity index (χ0) is 16.3. The lowest BCUT2D eigenvalue weighted by atomic mass is 10.0. The molecule has 2 heterocycles. The summed E-state index contributed by atoms with van der Waals surface area (Å²) in [5.41, 5.74) is 0.619. The second-order valence-corrected chi connectivity index (χ2v) is 5.45. The van der Waals surface area contributed by atoms with Crippen molar-refractivity contribution in [3.63, 3.8) is 0 Å². The Kier molecular flexibility index (Phi) is 5.25. The molecule has 1 aromatic rings. The predicted octanol–water partition coefficient (Wildman–Crippen LogP) is 1.26. The number of rotatable bonds is 4. The molecule has 2 rings (SSSR count). The molecule has 0 radical (unpaired) electrons. The van der Waals surface area contributed by atoms with Gasteiger partial charge in [-0.05, 0) is 20.3 Å². The van der Waals surface area contributed by atoms with Gasteiger partial charge in [-0.1, -0.05) is 11.6 Å². The average Bonchev–Trinajstić information content (AvgIpc) is 2.80. The number of hydrogen-bond donors (Lipinski definition) is 3. The molecule has 3 N–H and O–H groups in total. The van der Waals surface area contributed by atoms with Gasteiger partial charge in [0.25, 0.3) is 5.91 Å². The van der Waals surface area contributed by atoms with Crippen LogP contribution in [0.4, 0.5) is 4.79 Å². The number of H-pyrrole nitrogens is 1. The third kappa shape index (κ3) is 3.69. The van der Waals surface area contributed by atoms with E-state index in [-0.39, 0.29) is 35.6 Å². The molecular weight excluding hydrogens is 312 g/mol. The summed E-state index contributed by atoms with van der Waals surface area (Å²) >= 11 is 5.83. The lowest BCUT2D eigenvalue weighted by molar-refractivity contribution is -0.0112. The Bertz CT molecular complexity index is 543. The maximum atomic E-state index is 12.2. The van der Waals surface area contributed by atoms with Crippen LogP contribution in [0.3, 0.4) is 0 Å². The summed E-state index contributed by atoms with van der Waals surface area (Å²) < 4.78 is 5.57. The van der Waals surface area contributed by atoms with E-state index < -0.39 is 6.09 Å². The molecular formula is C13H19ClN4O4. The van der Waals surface area contributed by atoms with Gasteiger partial charge >= 0.3 is 6.09 Å². The fourth-order valence-electron chi connectivity index (χ4n) is 2.42. The van der Waals surface area contributed by atoms with Gasteiger partial charge in [-0.3, -0.25) is 4.79 Å². The second-order valence-electron chi connectivity index (χ2n) is 5.09. The number of nitrogens with one attached hydrogen (secondary N) is 2. The molecule has 0 saturated carbocycles. The molecule has 22 heavy (non-hydrogen) atoms. The minimum absolute atomic E-state index is 0.137. The number of piperidine rings is 1. The Morgan fingerprint density at radius 1 is 1.59 bits per heavy atom. The summed E-state index contributed by atoms with van der Waals surface area (Å²) in [4.78, 5) is 31.3. The Morgan fingerprint density at radius 3 is 2.86 bits per heavy atom. The fourth-order valence-corrected chi connectivity index (χ4v) is 2.55. The van der Waals surface area contributed by atoms with Crippen molar-refractivity contribution in [2.24, 2.45) is 0 Å². The summed E-state index contributed by atoms with van der Waals surface area (Å²) in [6.07, 6.45) is -0.885. The van der Waals surface area contributed by atoms with E-state index in [9.17, 15) is 9.59 Å². The number of aryl methyl sites for hydroxylation is 1. The molecule has 1 fully saturated rings. The zero-order valence-corrected chi connectivity index (χ0v) is 13.2. The molecule has 8 nitrogen and oxygen atoms in total. The number of ether oxygens (including phenoxy) is 1. The highest BCUT2D eigenvalue weighted by Crippen LogP contribution is 2.16. The third-order valence-corrected chi connectivity index (χ3v) is 3.94. The van der Waals surface area contributed by atoms with Gasteiger partial charge in [0, 0.05) is 13.2 Å². The highest BCUT2D eigenvalue weighted by molar-refractivity contribution is 6.30. The number of halogens is 1. The van der Waals surface area contributed by atoms with Crippen molar-refractivity contribution in [3.8, 4) is 0 Å². The molecule has 1 aromatic heterocycles. The molecule has 2 amide bonds. The quantitative estimate of drug-likeness (QED) is 0.770. The van der Waals surface area contributed by atoms with Crippen LogP contribution >= 0.6 is 11.6 Å². The maximum absolute atomic E-state index is 12.2. The van der Waals surface area contributed by atoms with Crippen LogP contribution in [0, 0.1) is 6.92 Å². The van der Waals surface area contributed by atoms with Gasteiger partial charge in [0.05, 0.1) is 24.4 Å². The molecule has 0 aromatic carbocycles. The lowest BCUT2D eigenvalue weighted by Crippen LogP contribution is -2.56. The SMILES string of the molecule is CCO[C@H]1CN(C(=O)O)CC[C@H]1NC(=O)c1nc(Cl)c(C)[nH]1. The Labute approximate surface area is 132 Å². The highest BCUT2D eigenvalue weighted by Gasteiger charge is 2.33. The van der Waals surface area contributed by atoms with Gasteiger partial charge in [-0.15, -0.1) is 0 Å². The summed E-state index contributed by atoms with van der Waals surface area (Å²) in [5.74, 6) is -0.244. The van der Waals surface area contributed by atoms with Crippen molar-refractivity contribution in [1.82, 2.24) is 20.2 Å². The molecule has 1 aliphatic heterocycles. The molecule has 0 bridgehead atoms. The van der Waals surface area contributed by atoms with Gasteiger partial charge in [0.1, 0.15) is 0 Å². The van der Waals surface area contributed by atoms with E-state index >= 15 is 0 Å². The Balaban J connectivity index is 2.03. The second kappa shape index (κ2) is 6.97. The molecule has 0 spiro atoms. The minimum Gasteiger partial charge on any atom is -0.465 e. The van der Waals surface area contributed by atoms with Crippen molar-refractivity contribution in [1.29, 1.82) is 0 Å². The number of carboxylic acid groups (broad SMARTS) is 1. The van der Waals surface area contributed by atoms with Crippen molar-refractivity contribution >= 4 is 23.6 Å². The summed E-state index contributed by atoms with van der Waals surface area (Å²) in [6, 6.07) is -0.271. The summed E-state index contributed by atoms with van der Waals surface area (Å²) in [6.45, 7) is 4.57. The van der Waals surface area contributed by atoms with E-state index in [1.807, 2.05) is 6.92 Å². The number of carbonyl (C=O) groups excluding carboxylic acids is 1. The highest BCUT2D eigenvalue weighted by atomic mass is 35.5. The lowest BCUT2D eigenvalue weighted by Gasteiger charge is -2.37. The number of aromatic nitrogens is 2. The fraction of sp³-hybridized carbons (Fsp3) is 0.615. The van der Waals surface area contributed by atoms with Crippen LogP contribution in [-0.4, -0.2) is 63.8 Å². The maximum Gasteiger partial charge on any atom is 0.407 e. The van der Waals surface area contributed by atoms with Crippen molar-refractivity contribution in [3.05, 3.63) is 16.7 Å². The van der Waals surface area contributed by atoms with Crippen LogP contribution in [0.1, 0.15) is 29.7 Å². The van der Waals surface area contributed by atoms with Crippen molar-refractivity contribution < 1.29 is 19.4 Å². The number of likely N-dealkylation sites (tertiary alicyclic amines) is 1. The topological polar surface area (TPSA) is 108 Å². The van der Waals surface area contributed by atoms with E-state index in [0.29, 0.717) is 25.3 Å². The van der Waals surface area contributed by atoms with Gasteiger partial charge < -0.3 is 25.0 Å². The molecule has 122 valence electrons. The van der Waals surface area contributed by atoms with Crippen molar-refractivity contribution in [2.75, 3.05) is 19.7 Å². The molecule has 1 aliphatic rings. The minimum atomic E-state index is -0.983. The summed E-state index contributed by atoms with van der Waals surface area (Å²) in [7, 11) is 0. The van der Waals surface area contributed by atoms with Crippen molar-refractivity contribution in [2.45, 2.75) is 32.4 Å². The van der Waals surface area contributed by atoms with Gasteiger partial charge in [-0.25, -0.2) is 9.78 Å². The number of carbonyl (C=O) groups is 2. The molecule has 9 heteroatoms. The largest absolute Gasteiger partial charge is 0.465 e. The summed E-state index contributed by atoms with van der Waals surface area (Å²) in [5, 5.41) is 12.1. The standard InChI is InChI=1S/C13H19ClN4O4/c1-3-22-9-6-18(13(20)21)5-4-8(9)16-12(19)11-15-7(2)10(14)17-11/h8-9H,3-6H2,1-2H3,(H,15,17)(H,16,19)(H,20,21)/t8-,9+/m1/s1. The predicted molar refractivity (Wildman–Crippen MR) is 79.2 cm³/mol. The molecule has 0 aliphatic carbocycles. The number of nitrogens with zero attached hydrogens (tertiary/aromatic N) is 2. The van der Waals surface area contributed by atoms with E-state index in [4.69, 9.17) is 21.4 Å². The van der Waals surface area contributed by atoms with Crippen LogP contribution in [-0.2, 0) is 4.74 Å². The zero-order valence-electron chi connectivity index (χ0n) is 12.4. The first kappa shape index (κ1) is 16.6. The monoisotopic (exact) mass is 330 g/mol. The van der Waals surface area contributed by atoms with Crippen LogP contribution in [0.15, 0.2) is 0 Å². The van der Waals surface area contributed by atoms with E-state index in [1.165, 1.54) is 4.90 Å². The first-order valence-electron chi connectivity index (χ1n) is 7.04. The van der Waals surface area contributed by atoms with E-state index in [1.54, 1.807) is 6.92 Å². The van der Waals surface area contributed by atoms with Crippen LogP contribution in [0.5, 0.6) is 0 Å². The Hall–Kier alpha value is -1.80. The van der Waals surface area contributed by atoms with E-state index in [0.717, 1.165) is 0 Å². The van der Waals surface area contributed by atoms with Crippen LogP contribution in [0.25, 0.3) is 0 Å². The van der Waals surface area contributed by atoms with Gasteiger partial charge in [-0.2, -0.15) is 0 Å². The first-order chi connectivity index (χ1) is 10.4. The van der Waals surface area contributed by atoms with Gasteiger partial charge in [0.15, 0.2) is 11.0 Å². The normalized spacial score (nSPS) is 21.7. The number of amides is 2. The molecule has 0 unspecified atom stereocenters. The first-order valence-corrected chi connectivity index (χ1v) is 7.42. The molecule has 1 saturated heterocycles. The number of aromatic amines is 1. The van der Waals surface area contributed by atoms with E-state index in [2.05, 4.69) is 15.3 Å². The van der Waals surface area contributed by atoms with Crippen LogP contribution in [0.2, 0.25) is 5.15 Å². The molecule has 2 atom stereocenters. The number of imidazole rings is 1. The number of hydrogen-bond acceptors (Lipinski definition) is 4. The van der Waals surface area contributed by atoms with Crippen LogP contribution < -0.4 is 5.32 Å². The Morgan fingerprint density at radius 2 is 2.32 bits per heavy atom. The smallest absolute Gasteiger partial charge is 0.407 e. The average molecular weight is 331 g/mol.